The van der Waals surface area contributed by atoms with E-state index < -0.39 is 0 Å². The first-order valence-electron chi connectivity index (χ1n) is 5.96. The van der Waals surface area contributed by atoms with Crippen LogP contribution in [0.3, 0.4) is 0 Å². The van der Waals surface area contributed by atoms with Crippen molar-refractivity contribution in [3.05, 3.63) is 12.2 Å². The van der Waals surface area contributed by atoms with E-state index in [0.29, 0.717) is 10.8 Å². The Hall–Kier alpha value is -0.300. The minimum atomic E-state index is 0.297. The lowest BCUT2D eigenvalue weighted by molar-refractivity contribution is 0.112. The summed E-state index contributed by atoms with van der Waals surface area (Å²) < 4.78 is 5.57. The quantitative estimate of drug-likeness (QED) is 0.484. The average molecular weight is 212 g/mol. The smallest absolute Gasteiger partial charge is 0.0500 e. The molecule has 0 saturated carbocycles. The van der Waals surface area contributed by atoms with Gasteiger partial charge in [-0.2, -0.15) is 0 Å². The number of ether oxygens (including phenoxy) is 1. The molecule has 1 nitrogen and oxygen atoms in total. The summed E-state index contributed by atoms with van der Waals surface area (Å²) in [5, 5.41) is 0. The predicted octanol–water partition coefficient (Wildman–Crippen LogP) is 4.43. The maximum Gasteiger partial charge on any atom is 0.0500 e. The van der Waals surface area contributed by atoms with Gasteiger partial charge in [0.15, 0.2) is 0 Å². The fraction of sp³-hybridized carbons (Fsp3) is 0.857. The Kier molecular flexibility index (Phi) is 6.19. The zero-order valence-corrected chi connectivity index (χ0v) is 11.4. The van der Waals surface area contributed by atoms with Gasteiger partial charge in [-0.05, 0) is 23.7 Å². The third-order valence-corrected chi connectivity index (χ3v) is 2.04. The van der Waals surface area contributed by atoms with E-state index >= 15 is 0 Å². The van der Waals surface area contributed by atoms with E-state index in [0.717, 1.165) is 26.1 Å². The molecule has 0 bridgehead atoms. The topological polar surface area (TPSA) is 9.23 Å². The van der Waals surface area contributed by atoms with Crippen LogP contribution in [0.2, 0.25) is 0 Å². The van der Waals surface area contributed by atoms with Gasteiger partial charge in [-0.3, -0.25) is 0 Å². The molecule has 0 fully saturated rings. The molecular weight excluding hydrogens is 184 g/mol. The molecule has 0 aliphatic heterocycles. The molecule has 0 rings (SSSR count). The predicted molar refractivity (Wildman–Crippen MR) is 68.1 cm³/mol. The van der Waals surface area contributed by atoms with Crippen LogP contribution in [0.25, 0.3) is 0 Å². The van der Waals surface area contributed by atoms with Crippen LogP contribution in [-0.4, -0.2) is 13.2 Å². The SMILES string of the molecule is CC(C)(C)/C=C\CCOCCC(C)(C)C. The van der Waals surface area contributed by atoms with Crippen LogP contribution < -0.4 is 0 Å². The zero-order chi connectivity index (χ0) is 11.9. The number of rotatable bonds is 5. The van der Waals surface area contributed by atoms with Crippen LogP contribution in [0, 0.1) is 10.8 Å². The second-order valence-electron chi connectivity index (χ2n) is 6.48. The Labute approximate surface area is 95.9 Å². The fourth-order valence-corrected chi connectivity index (χ4v) is 1.07. The standard InChI is InChI=1S/C14H28O/c1-13(2,3)9-7-8-11-15-12-10-14(4,5)6/h7,9H,8,10-12H2,1-6H3/b9-7-. The van der Waals surface area contributed by atoms with Crippen molar-refractivity contribution in [3.8, 4) is 0 Å². The van der Waals surface area contributed by atoms with Crippen LogP contribution >= 0.6 is 0 Å². The average Bonchev–Trinajstić information content (AvgIpc) is 1.98. The summed E-state index contributed by atoms with van der Waals surface area (Å²) in [5.74, 6) is 0. The molecule has 0 aliphatic rings. The van der Waals surface area contributed by atoms with Gasteiger partial charge in [0.05, 0.1) is 6.61 Å². The monoisotopic (exact) mass is 212 g/mol. The lowest BCUT2D eigenvalue weighted by Gasteiger charge is -2.17. The molecule has 0 aromatic rings. The van der Waals surface area contributed by atoms with Crippen molar-refractivity contribution in [2.45, 2.75) is 54.4 Å². The summed E-state index contributed by atoms with van der Waals surface area (Å²) in [4.78, 5) is 0. The van der Waals surface area contributed by atoms with Crippen LogP contribution in [0.5, 0.6) is 0 Å². The zero-order valence-electron chi connectivity index (χ0n) is 11.4. The molecule has 0 spiro atoms. The minimum Gasteiger partial charge on any atom is -0.381 e. The first-order valence-corrected chi connectivity index (χ1v) is 5.96. The highest BCUT2D eigenvalue weighted by atomic mass is 16.5. The highest BCUT2D eigenvalue weighted by Gasteiger charge is 2.08. The summed E-state index contributed by atoms with van der Waals surface area (Å²) in [6.45, 7) is 15.1. The first kappa shape index (κ1) is 14.7. The van der Waals surface area contributed by atoms with E-state index in [-0.39, 0.29) is 0 Å². The third-order valence-electron chi connectivity index (χ3n) is 2.04. The molecule has 0 unspecified atom stereocenters. The van der Waals surface area contributed by atoms with E-state index in [1.165, 1.54) is 0 Å². The molecule has 0 radical (unpaired) electrons. The second kappa shape index (κ2) is 6.32. The van der Waals surface area contributed by atoms with Crippen molar-refractivity contribution < 1.29 is 4.74 Å². The fourth-order valence-electron chi connectivity index (χ4n) is 1.07. The lowest BCUT2D eigenvalue weighted by atomic mass is 9.93. The van der Waals surface area contributed by atoms with Crippen molar-refractivity contribution >= 4 is 0 Å². The van der Waals surface area contributed by atoms with Crippen LogP contribution in [0.15, 0.2) is 12.2 Å². The second-order valence-corrected chi connectivity index (χ2v) is 6.48. The summed E-state index contributed by atoms with van der Waals surface area (Å²) in [7, 11) is 0. The van der Waals surface area contributed by atoms with E-state index in [4.69, 9.17) is 4.74 Å². The van der Waals surface area contributed by atoms with Gasteiger partial charge in [-0.15, -0.1) is 0 Å². The lowest BCUT2D eigenvalue weighted by Crippen LogP contribution is -2.09. The summed E-state index contributed by atoms with van der Waals surface area (Å²) in [6, 6.07) is 0. The Morgan fingerprint density at radius 3 is 2.00 bits per heavy atom. The number of hydrogen-bond acceptors (Lipinski definition) is 1. The molecule has 0 atom stereocenters. The van der Waals surface area contributed by atoms with Crippen molar-refractivity contribution in [3.63, 3.8) is 0 Å². The highest BCUT2D eigenvalue weighted by Crippen LogP contribution is 2.18. The van der Waals surface area contributed by atoms with Gasteiger partial charge in [0.2, 0.25) is 0 Å². The molecular formula is C14H28O. The van der Waals surface area contributed by atoms with E-state index in [9.17, 15) is 0 Å². The molecule has 1 heteroatoms. The Morgan fingerprint density at radius 1 is 0.933 bits per heavy atom. The van der Waals surface area contributed by atoms with Gasteiger partial charge in [0, 0.05) is 6.61 Å². The van der Waals surface area contributed by atoms with E-state index in [1.807, 2.05) is 0 Å². The maximum absolute atomic E-state index is 5.57. The Bertz CT molecular complexity index is 178. The van der Waals surface area contributed by atoms with Crippen LogP contribution in [0.1, 0.15) is 54.4 Å². The van der Waals surface area contributed by atoms with Gasteiger partial charge in [0.1, 0.15) is 0 Å². The molecule has 15 heavy (non-hydrogen) atoms. The molecule has 0 aliphatic carbocycles. The van der Waals surface area contributed by atoms with E-state index in [1.54, 1.807) is 0 Å². The summed E-state index contributed by atoms with van der Waals surface area (Å²) in [5.41, 5.74) is 0.687. The van der Waals surface area contributed by atoms with Gasteiger partial charge in [-0.25, -0.2) is 0 Å². The maximum atomic E-state index is 5.57. The highest BCUT2D eigenvalue weighted by molar-refractivity contribution is 4.91. The van der Waals surface area contributed by atoms with Crippen molar-refractivity contribution in [1.82, 2.24) is 0 Å². The Balaban J connectivity index is 3.37. The minimum absolute atomic E-state index is 0.297. The number of hydrogen-bond donors (Lipinski definition) is 0. The van der Waals surface area contributed by atoms with Gasteiger partial charge >= 0.3 is 0 Å². The Morgan fingerprint density at radius 2 is 1.53 bits per heavy atom. The third kappa shape index (κ3) is 13.7. The largest absolute Gasteiger partial charge is 0.381 e. The molecule has 0 aromatic heterocycles. The van der Waals surface area contributed by atoms with Gasteiger partial charge in [0.25, 0.3) is 0 Å². The molecule has 0 saturated heterocycles. The van der Waals surface area contributed by atoms with Crippen LogP contribution in [-0.2, 0) is 4.74 Å². The number of allylic oxidation sites excluding steroid dienone is 1. The molecule has 0 heterocycles. The normalized spacial score (nSPS) is 13.7. The van der Waals surface area contributed by atoms with Crippen molar-refractivity contribution in [2.24, 2.45) is 10.8 Å². The summed E-state index contributed by atoms with van der Waals surface area (Å²) in [6.07, 6.45) is 6.63. The molecule has 0 amide bonds. The van der Waals surface area contributed by atoms with Gasteiger partial charge < -0.3 is 4.74 Å². The van der Waals surface area contributed by atoms with E-state index in [2.05, 4.69) is 53.7 Å². The summed E-state index contributed by atoms with van der Waals surface area (Å²) >= 11 is 0. The first-order chi connectivity index (χ1) is 6.71. The molecule has 0 N–H and O–H groups in total. The molecule has 90 valence electrons. The van der Waals surface area contributed by atoms with Gasteiger partial charge in [-0.1, -0.05) is 53.7 Å². The van der Waals surface area contributed by atoms with Crippen LogP contribution in [0.4, 0.5) is 0 Å². The molecule has 0 aromatic carbocycles. The van der Waals surface area contributed by atoms with Crippen molar-refractivity contribution in [1.29, 1.82) is 0 Å². The van der Waals surface area contributed by atoms with Crippen molar-refractivity contribution in [2.75, 3.05) is 13.2 Å².